The van der Waals surface area contributed by atoms with E-state index in [1.54, 1.807) is 0 Å². The monoisotopic (exact) mass is 234 g/mol. The van der Waals surface area contributed by atoms with Gasteiger partial charge >= 0.3 is 0 Å². The average Bonchev–Trinajstić information content (AvgIpc) is 3.14. The van der Waals surface area contributed by atoms with Gasteiger partial charge in [-0.2, -0.15) is 0 Å². The summed E-state index contributed by atoms with van der Waals surface area (Å²) in [6.45, 7) is 3.92. The number of epoxide rings is 1. The first-order valence-electron chi connectivity index (χ1n) is 6.66. The maximum Gasteiger partial charge on any atom is 0.122 e. The number of benzene rings is 1. The van der Waals surface area contributed by atoms with Crippen molar-refractivity contribution >= 4 is 0 Å². The summed E-state index contributed by atoms with van der Waals surface area (Å²) in [5.74, 6) is 1.03. The van der Waals surface area contributed by atoms with E-state index >= 15 is 0 Å². The summed E-state index contributed by atoms with van der Waals surface area (Å²) < 4.78 is 10.9. The van der Waals surface area contributed by atoms with E-state index in [2.05, 4.69) is 13.0 Å². The Kier molecular flexibility index (Phi) is 4.87. The Morgan fingerprint density at radius 1 is 1.18 bits per heavy atom. The van der Waals surface area contributed by atoms with Crippen molar-refractivity contribution in [2.45, 2.75) is 45.1 Å². The molecule has 1 aromatic rings. The van der Waals surface area contributed by atoms with Crippen LogP contribution in [0.3, 0.4) is 0 Å². The summed E-state index contributed by atoms with van der Waals surface area (Å²) in [5.41, 5.74) is 1.22. The highest BCUT2D eigenvalue weighted by atomic mass is 16.6. The Labute approximate surface area is 104 Å². The fourth-order valence-electron chi connectivity index (χ4n) is 1.96. The molecule has 0 spiro atoms. The molecular weight excluding hydrogens is 212 g/mol. The van der Waals surface area contributed by atoms with Crippen molar-refractivity contribution in [1.29, 1.82) is 0 Å². The van der Waals surface area contributed by atoms with Gasteiger partial charge in [-0.15, -0.1) is 0 Å². The molecule has 1 saturated heterocycles. The van der Waals surface area contributed by atoms with Gasteiger partial charge in [-0.05, 0) is 31.4 Å². The van der Waals surface area contributed by atoms with Crippen LogP contribution in [-0.4, -0.2) is 19.3 Å². The standard InChI is InChI=1S/C15H22O2/c1-13-8-5-6-10-15(13)16-11-7-3-2-4-9-14-12-17-14/h5-6,8,10,14H,2-4,7,9,11-12H2,1H3. The molecule has 0 radical (unpaired) electrons. The van der Waals surface area contributed by atoms with E-state index in [0.29, 0.717) is 6.10 Å². The molecular formula is C15H22O2. The van der Waals surface area contributed by atoms with Crippen LogP contribution in [-0.2, 0) is 4.74 Å². The van der Waals surface area contributed by atoms with Gasteiger partial charge in [0.25, 0.3) is 0 Å². The van der Waals surface area contributed by atoms with Crippen LogP contribution in [0.4, 0.5) is 0 Å². The van der Waals surface area contributed by atoms with Crippen LogP contribution in [0.25, 0.3) is 0 Å². The van der Waals surface area contributed by atoms with Gasteiger partial charge in [-0.25, -0.2) is 0 Å². The lowest BCUT2D eigenvalue weighted by atomic mass is 10.1. The first-order chi connectivity index (χ1) is 8.36. The van der Waals surface area contributed by atoms with Crippen LogP contribution < -0.4 is 4.74 Å². The molecule has 0 bridgehead atoms. The summed E-state index contributed by atoms with van der Waals surface area (Å²) in [5, 5.41) is 0. The Balaban J connectivity index is 1.49. The van der Waals surface area contributed by atoms with Crippen LogP contribution in [0.2, 0.25) is 0 Å². The van der Waals surface area contributed by atoms with E-state index in [-0.39, 0.29) is 0 Å². The van der Waals surface area contributed by atoms with Crippen LogP contribution in [0.1, 0.15) is 37.7 Å². The largest absolute Gasteiger partial charge is 0.493 e. The first-order valence-corrected chi connectivity index (χ1v) is 6.66. The number of para-hydroxylation sites is 1. The molecule has 2 heteroatoms. The van der Waals surface area contributed by atoms with Crippen LogP contribution in [0.15, 0.2) is 24.3 Å². The number of hydrogen-bond acceptors (Lipinski definition) is 2. The number of ether oxygens (including phenoxy) is 2. The van der Waals surface area contributed by atoms with Crippen LogP contribution in [0.5, 0.6) is 5.75 Å². The zero-order valence-corrected chi connectivity index (χ0v) is 10.7. The number of aryl methyl sites for hydroxylation is 1. The first kappa shape index (κ1) is 12.4. The highest BCUT2D eigenvalue weighted by Crippen LogP contribution is 2.18. The summed E-state index contributed by atoms with van der Waals surface area (Å²) >= 11 is 0. The predicted octanol–water partition coefficient (Wildman–Crippen LogP) is 3.72. The molecule has 1 aliphatic heterocycles. The van der Waals surface area contributed by atoms with Crippen molar-refractivity contribution in [3.05, 3.63) is 29.8 Å². The van der Waals surface area contributed by atoms with Gasteiger partial charge in [0.05, 0.1) is 19.3 Å². The molecule has 2 rings (SSSR count). The molecule has 0 N–H and O–H groups in total. The van der Waals surface area contributed by atoms with Gasteiger partial charge in [-0.1, -0.05) is 37.5 Å². The van der Waals surface area contributed by atoms with Gasteiger partial charge in [0.1, 0.15) is 5.75 Å². The molecule has 0 aromatic heterocycles. The summed E-state index contributed by atoms with van der Waals surface area (Å²) in [6.07, 6.45) is 6.86. The molecule has 0 amide bonds. The van der Waals surface area contributed by atoms with E-state index in [9.17, 15) is 0 Å². The molecule has 17 heavy (non-hydrogen) atoms. The second kappa shape index (κ2) is 6.65. The Bertz CT molecular complexity index is 331. The molecule has 1 aliphatic rings. The fraction of sp³-hybridized carbons (Fsp3) is 0.600. The number of hydrogen-bond donors (Lipinski definition) is 0. The quantitative estimate of drug-likeness (QED) is 0.505. The third-order valence-electron chi connectivity index (χ3n) is 3.17. The SMILES string of the molecule is Cc1ccccc1OCCCCCCC1CO1. The van der Waals surface area contributed by atoms with E-state index in [1.165, 1.54) is 31.2 Å². The third-order valence-corrected chi connectivity index (χ3v) is 3.17. The van der Waals surface area contributed by atoms with Crippen molar-refractivity contribution in [3.8, 4) is 5.75 Å². The lowest BCUT2D eigenvalue weighted by Crippen LogP contribution is -1.98. The van der Waals surface area contributed by atoms with Crippen molar-refractivity contribution in [2.24, 2.45) is 0 Å². The van der Waals surface area contributed by atoms with E-state index in [0.717, 1.165) is 25.4 Å². The second-order valence-electron chi connectivity index (χ2n) is 4.77. The minimum absolute atomic E-state index is 0.596. The average molecular weight is 234 g/mol. The Morgan fingerprint density at radius 3 is 2.71 bits per heavy atom. The minimum atomic E-state index is 0.596. The number of unbranched alkanes of at least 4 members (excludes halogenated alkanes) is 3. The molecule has 0 saturated carbocycles. The van der Waals surface area contributed by atoms with Gasteiger partial charge in [0, 0.05) is 0 Å². The minimum Gasteiger partial charge on any atom is -0.493 e. The van der Waals surface area contributed by atoms with E-state index < -0.39 is 0 Å². The lowest BCUT2D eigenvalue weighted by molar-refractivity contribution is 0.301. The fourth-order valence-corrected chi connectivity index (χ4v) is 1.96. The molecule has 1 atom stereocenters. The van der Waals surface area contributed by atoms with Gasteiger partial charge < -0.3 is 9.47 Å². The summed E-state index contributed by atoms with van der Waals surface area (Å²) in [7, 11) is 0. The Morgan fingerprint density at radius 2 is 1.94 bits per heavy atom. The van der Waals surface area contributed by atoms with Crippen molar-refractivity contribution in [3.63, 3.8) is 0 Å². The Hall–Kier alpha value is -1.02. The molecule has 2 nitrogen and oxygen atoms in total. The zero-order valence-electron chi connectivity index (χ0n) is 10.7. The van der Waals surface area contributed by atoms with Crippen LogP contribution >= 0.6 is 0 Å². The third kappa shape index (κ3) is 4.78. The van der Waals surface area contributed by atoms with Crippen molar-refractivity contribution < 1.29 is 9.47 Å². The van der Waals surface area contributed by atoms with Gasteiger partial charge in [0.2, 0.25) is 0 Å². The van der Waals surface area contributed by atoms with Gasteiger partial charge in [-0.3, -0.25) is 0 Å². The summed E-state index contributed by atoms with van der Waals surface area (Å²) in [6, 6.07) is 8.20. The zero-order chi connectivity index (χ0) is 11.9. The molecule has 1 aromatic carbocycles. The maximum absolute atomic E-state index is 5.75. The van der Waals surface area contributed by atoms with Crippen LogP contribution in [0, 0.1) is 6.92 Å². The normalized spacial score (nSPS) is 18.1. The molecule has 1 unspecified atom stereocenters. The van der Waals surface area contributed by atoms with Gasteiger partial charge in [0.15, 0.2) is 0 Å². The maximum atomic E-state index is 5.75. The molecule has 1 heterocycles. The molecule has 1 fully saturated rings. The molecule has 94 valence electrons. The predicted molar refractivity (Wildman–Crippen MR) is 69.5 cm³/mol. The highest BCUT2D eigenvalue weighted by Gasteiger charge is 2.20. The topological polar surface area (TPSA) is 21.8 Å². The smallest absolute Gasteiger partial charge is 0.122 e. The van der Waals surface area contributed by atoms with E-state index in [4.69, 9.17) is 9.47 Å². The van der Waals surface area contributed by atoms with E-state index in [1.807, 2.05) is 18.2 Å². The number of rotatable bonds is 8. The molecule has 0 aliphatic carbocycles. The highest BCUT2D eigenvalue weighted by molar-refractivity contribution is 5.31. The lowest BCUT2D eigenvalue weighted by Gasteiger charge is -2.08. The van der Waals surface area contributed by atoms with Crippen molar-refractivity contribution in [2.75, 3.05) is 13.2 Å². The second-order valence-corrected chi connectivity index (χ2v) is 4.77. The summed E-state index contributed by atoms with van der Waals surface area (Å²) in [4.78, 5) is 0. The van der Waals surface area contributed by atoms with Crippen molar-refractivity contribution in [1.82, 2.24) is 0 Å².